The van der Waals surface area contributed by atoms with Gasteiger partial charge in [0.25, 0.3) is 0 Å². The lowest BCUT2D eigenvalue weighted by Crippen LogP contribution is -2.53. The molecule has 0 aliphatic carbocycles. The van der Waals surface area contributed by atoms with E-state index >= 15 is 0 Å². The van der Waals surface area contributed by atoms with E-state index in [-0.39, 0.29) is 5.97 Å². The summed E-state index contributed by atoms with van der Waals surface area (Å²) in [5.41, 5.74) is 0. The minimum atomic E-state index is -0.113. The number of methoxy groups -OCH3 is 1. The average Bonchev–Trinajstić information content (AvgIpc) is 2.91. The van der Waals surface area contributed by atoms with E-state index in [4.69, 9.17) is 4.74 Å². The van der Waals surface area contributed by atoms with Crippen molar-refractivity contribution in [2.75, 3.05) is 53.0 Å². The van der Waals surface area contributed by atoms with Gasteiger partial charge in [-0.15, -0.1) is 0 Å². The number of esters is 1. The van der Waals surface area contributed by atoms with Gasteiger partial charge in [-0.3, -0.25) is 14.6 Å². The molecule has 2 saturated heterocycles. The molecule has 2 aliphatic heterocycles. The monoisotopic (exact) mass is 270 g/mol. The quantitative estimate of drug-likeness (QED) is 0.684. The number of ether oxygens (including phenoxy) is 2. The van der Waals surface area contributed by atoms with Crippen molar-refractivity contribution < 1.29 is 14.3 Å². The van der Waals surface area contributed by atoms with Crippen molar-refractivity contribution >= 4 is 5.97 Å². The number of nitrogens with zero attached hydrogens (tertiary/aromatic N) is 2. The van der Waals surface area contributed by atoms with Crippen molar-refractivity contribution in [2.24, 2.45) is 5.92 Å². The van der Waals surface area contributed by atoms with Crippen LogP contribution in [0.25, 0.3) is 0 Å². The molecule has 0 bridgehead atoms. The van der Waals surface area contributed by atoms with Crippen LogP contribution in [-0.4, -0.2) is 74.9 Å². The summed E-state index contributed by atoms with van der Waals surface area (Å²) < 4.78 is 10.1. The fraction of sp³-hybridized carbons (Fsp3) is 0.929. The first-order chi connectivity index (χ1) is 9.19. The maximum Gasteiger partial charge on any atom is 0.306 e. The lowest BCUT2D eigenvalue weighted by atomic mass is 10.1. The molecule has 0 aromatic rings. The zero-order valence-electron chi connectivity index (χ0n) is 12.1. The van der Waals surface area contributed by atoms with Crippen LogP contribution in [0, 0.1) is 5.92 Å². The topological polar surface area (TPSA) is 42.0 Å². The SMILES string of the molecule is COC(=O)CCN1CCN(CC2CCOC2)C(C)C1. The Bertz CT molecular complexity index is 292. The zero-order valence-corrected chi connectivity index (χ0v) is 12.1. The Morgan fingerprint density at radius 3 is 2.89 bits per heavy atom. The molecule has 2 heterocycles. The molecule has 0 saturated carbocycles. The van der Waals surface area contributed by atoms with Crippen molar-refractivity contribution in [3.05, 3.63) is 0 Å². The van der Waals surface area contributed by atoms with Gasteiger partial charge in [0.1, 0.15) is 0 Å². The third kappa shape index (κ3) is 4.44. The summed E-state index contributed by atoms with van der Waals surface area (Å²) in [7, 11) is 1.45. The Hall–Kier alpha value is -0.650. The lowest BCUT2D eigenvalue weighted by molar-refractivity contribution is -0.141. The van der Waals surface area contributed by atoms with Gasteiger partial charge in [0, 0.05) is 45.4 Å². The summed E-state index contributed by atoms with van der Waals surface area (Å²) in [4.78, 5) is 16.1. The van der Waals surface area contributed by atoms with Crippen molar-refractivity contribution in [1.82, 2.24) is 9.80 Å². The van der Waals surface area contributed by atoms with Crippen molar-refractivity contribution in [3.63, 3.8) is 0 Å². The maximum absolute atomic E-state index is 11.2. The summed E-state index contributed by atoms with van der Waals surface area (Å²) in [5, 5.41) is 0. The third-order valence-electron chi connectivity index (χ3n) is 4.23. The van der Waals surface area contributed by atoms with Crippen LogP contribution < -0.4 is 0 Å². The van der Waals surface area contributed by atoms with E-state index < -0.39 is 0 Å². The standard InChI is InChI=1S/C14H26N2O3/c1-12-9-15(5-3-14(17)18-2)6-7-16(12)10-13-4-8-19-11-13/h12-13H,3-11H2,1-2H3. The predicted octanol–water partition coefficient (Wildman–Crippen LogP) is 0.592. The van der Waals surface area contributed by atoms with Crippen LogP contribution in [-0.2, 0) is 14.3 Å². The number of carbonyl (C=O) groups excluding carboxylic acids is 1. The molecule has 2 unspecified atom stereocenters. The number of carbonyl (C=O) groups is 1. The van der Waals surface area contributed by atoms with Gasteiger partial charge in [-0.1, -0.05) is 0 Å². The van der Waals surface area contributed by atoms with Gasteiger partial charge >= 0.3 is 5.97 Å². The van der Waals surface area contributed by atoms with Crippen LogP contribution in [0.15, 0.2) is 0 Å². The van der Waals surface area contributed by atoms with E-state index in [1.54, 1.807) is 0 Å². The van der Waals surface area contributed by atoms with E-state index in [0.717, 1.165) is 45.9 Å². The van der Waals surface area contributed by atoms with E-state index in [1.807, 2.05) is 0 Å². The average molecular weight is 270 g/mol. The highest BCUT2D eigenvalue weighted by atomic mass is 16.5. The van der Waals surface area contributed by atoms with E-state index in [1.165, 1.54) is 13.5 Å². The van der Waals surface area contributed by atoms with Crippen LogP contribution in [0.3, 0.4) is 0 Å². The molecule has 110 valence electrons. The number of piperazine rings is 1. The molecule has 0 radical (unpaired) electrons. The summed E-state index contributed by atoms with van der Waals surface area (Å²) in [6, 6.07) is 0.562. The van der Waals surface area contributed by atoms with Gasteiger partial charge in [-0.25, -0.2) is 0 Å². The largest absolute Gasteiger partial charge is 0.469 e. The molecule has 5 nitrogen and oxygen atoms in total. The van der Waals surface area contributed by atoms with Gasteiger partial charge in [-0.2, -0.15) is 0 Å². The Morgan fingerprint density at radius 2 is 2.26 bits per heavy atom. The molecule has 2 fully saturated rings. The third-order valence-corrected chi connectivity index (χ3v) is 4.23. The Kier molecular flexibility index (Phi) is 5.60. The van der Waals surface area contributed by atoms with Crippen LogP contribution in [0.2, 0.25) is 0 Å². The molecule has 19 heavy (non-hydrogen) atoms. The summed E-state index contributed by atoms with van der Waals surface area (Å²) in [6.07, 6.45) is 1.70. The molecule has 0 aromatic heterocycles. The minimum Gasteiger partial charge on any atom is -0.469 e. The molecule has 0 spiro atoms. The van der Waals surface area contributed by atoms with E-state index in [2.05, 4.69) is 21.5 Å². The van der Waals surface area contributed by atoms with Gasteiger partial charge in [0.15, 0.2) is 0 Å². The molecule has 0 N–H and O–H groups in total. The zero-order chi connectivity index (χ0) is 13.7. The normalized spacial score (nSPS) is 29.6. The van der Waals surface area contributed by atoms with Crippen molar-refractivity contribution in [2.45, 2.75) is 25.8 Å². The second kappa shape index (κ2) is 7.22. The highest BCUT2D eigenvalue weighted by Crippen LogP contribution is 2.18. The minimum absolute atomic E-state index is 0.113. The molecule has 0 amide bonds. The summed E-state index contributed by atoms with van der Waals surface area (Å²) in [5.74, 6) is 0.599. The fourth-order valence-electron chi connectivity index (χ4n) is 2.96. The first-order valence-electron chi connectivity index (χ1n) is 7.30. The molecule has 2 atom stereocenters. The lowest BCUT2D eigenvalue weighted by Gasteiger charge is -2.40. The van der Waals surface area contributed by atoms with E-state index in [9.17, 15) is 4.79 Å². The molecule has 2 rings (SSSR count). The first-order valence-corrected chi connectivity index (χ1v) is 7.30. The highest BCUT2D eigenvalue weighted by Gasteiger charge is 2.27. The number of hydrogen-bond acceptors (Lipinski definition) is 5. The number of rotatable bonds is 5. The van der Waals surface area contributed by atoms with Crippen LogP contribution in [0.5, 0.6) is 0 Å². The van der Waals surface area contributed by atoms with Crippen molar-refractivity contribution in [1.29, 1.82) is 0 Å². The smallest absolute Gasteiger partial charge is 0.306 e. The highest BCUT2D eigenvalue weighted by molar-refractivity contribution is 5.69. The van der Waals surface area contributed by atoms with Crippen LogP contribution >= 0.6 is 0 Å². The van der Waals surface area contributed by atoms with Gasteiger partial charge in [0.05, 0.1) is 20.1 Å². The van der Waals surface area contributed by atoms with Gasteiger partial charge < -0.3 is 9.47 Å². The maximum atomic E-state index is 11.2. The molecular weight excluding hydrogens is 244 g/mol. The number of hydrogen-bond donors (Lipinski definition) is 0. The van der Waals surface area contributed by atoms with Crippen LogP contribution in [0.4, 0.5) is 0 Å². The molecule has 5 heteroatoms. The first kappa shape index (κ1) is 14.8. The molecule has 2 aliphatic rings. The Morgan fingerprint density at radius 1 is 1.42 bits per heavy atom. The van der Waals surface area contributed by atoms with Gasteiger partial charge in [-0.05, 0) is 19.3 Å². The Balaban J connectivity index is 1.69. The fourth-order valence-corrected chi connectivity index (χ4v) is 2.96. The second-order valence-corrected chi connectivity index (χ2v) is 5.70. The summed E-state index contributed by atoms with van der Waals surface area (Å²) in [6.45, 7) is 9.30. The Labute approximate surface area is 115 Å². The second-order valence-electron chi connectivity index (χ2n) is 5.70. The van der Waals surface area contributed by atoms with Gasteiger partial charge in [0.2, 0.25) is 0 Å². The molecular formula is C14H26N2O3. The van der Waals surface area contributed by atoms with Crippen molar-refractivity contribution in [3.8, 4) is 0 Å². The van der Waals surface area contributed by atoms with Crippen LogP contribution in [0.1, 0.15) is 19.8 Å². The summed E-state index contributed by atoms with van der Waals surface area (Å²) >= 11 is 0. The predicted molar refractivity (Wildman–Crippen MR) is 73.0 cm³/mol. The molecule has 0 aromatic carbocycles. The van der Waals surface area contributed by atoms with E-state index in [0.29, 0.717) is 18.4 Å².